The van der Waals surface area contributed by atoms with E-state index in [4.69, 9.17) is 14.2 Å². The Bertz CT molecular complexity index is 1010. The van der Waals surface area contributed by atoms with Crippen molar-refractivity contribution in [2.75, 3.05) is 38.4 Å². The molecule has 0 bridgehead atoms. The lowest BCUT2D eigenvalue weighted by Gasteiger charge is -2.25. The van der Waals surface area contributed by atoms with E-state index in [0.29, 0.717) is 28.5 Å². The van der Waals surface area contributed by atoms with Crippen LogP contribution in [0.25, 0.3) is 0 Å². The summed E-state index contributed by atoms with van der Waals surface area (Å²) >= 11 is 0. The monoisotopic (exact) mass is 436 g/mol. The molecule has 0 aliphatic heterocycles. The van der Waals surface area contributed by atoms with Crippen LogP contribution in [0.15, 0.2) is 36.4 Å². The lowest BCUT2D eigenvalue weighted by atomic mass is 10.1. The molecule has 164 valence electrons. The zero-order chi connectivity index (χ0) is 22.5. The van der Waals surface area contributed by atoms with E-state index in [2.05, 4.69) is 5.32 Å². The van der Waals surface area contributed by atoms with Gasteiger partial charge >= 0.3 is 0 Å². The fourth-order valence-corrected chi connectivity index (χ4v) is 3.90. The van der Waals surface area contributed by atoms with Crippen LogP contribution in [0.1, 0.15) is 24.1 Å². The average molecular weight is 437 g/mol. The highest BCUT2D eigenvalue weighted by molar-refractivity contribution is 7.92. The van der Waals surface area contributed by atoms with Crippen molar-refractivity contribution in [1.82, 2.24) is 5.32 Å². The number of amides is 1. The predicted octanol–water partition coefficient (Wildman–Crippen LogP) is 2.66. The molecule has 2 rings (SSSR count). The van der Waals surface area contributed by atoms with E-state index < -0.39 is 28.5 Å². The highest BCUT2D eigenvalue weighted by Gasteiger charge is 2.25. The molecule has 30 heavy (non-hydrogen) atoms. The van der Waals surface area contributed by atoms with E-state index >= 15 is 0 Å². The summed E-state index contributed by atoms with van der Waals surface area (Å²) in [6.07, 6.45) is 1.05. The third kappa shape index (κ3) is 5.56. The van der Waals surface area contributed by atoms with Crippen LogP contribution in [0.4, 0.5) is 5.69 Å². The lowest BCUT2D eigenvalue weighted by Crippen LogP contribution is -2.41. The summed E-state index contributed by atoms with van der Waals surface area (Å²) in [4.78, 5) is 12.8. The average Bonchev–Trinajstić information content (AvgIpc) is 2.70. The van der Waals surface area contributed by atoms with E-state index in [-0.39, 0.29) is 0 Å². The molecule has 9 heteroatoms. The number of nitrogens with one attached hydrogen (secondary N) is 1. The number of benzene rings is 2. The molecule has 0 saturated heterocycles. The van der Waals surface area contributed by atoms with Crippen LogP contribution in [0.3, 0.4) is 0 Å². The Kier molecular flexibility index (Phi) is 7.55. The van der Waals surface area contributed by atoms with Crippen LogP contribution in [0.5, 0.6) is 17.2 Å². The van der Waals surface area contributed by atoms with Crippen molar-refractivity contribution in [1.29, 1.82) is 0 Å². The molecule has 0 radical (unpaired) electrons. The number of anilines is 1. The van der Waals surface area contributed by atoms with Gasteiger partial charge in [0.2, 0.25) is 15.9 Å². The number of carbonyl (C=O) groups is 1. The zero-order valence-corrected chi connectivity index (χ0v) is 18.9. The second-order valence-corrected chi connectivity index (χ2v) is 8.75. The largest absolute Gasteiger partial charge is 0.497 e. The van der Waals surface area contributed by atoms with Gasteiger partial charge in [-0.3, -0.25) is 9.10 Å². The Balaban J connectivity index is 2.29. The Morgan fingerprint density at radius 2 is 1.67 bits per heavy atom. The van der Waals surface area contributed by atoms with E-state index in [9.17, 15) is 13.2 Å². The zero-order valence-electron chi connectivity index (χ0n) is 18.1. The molecule has 0 heterocycles. The molecule has 0 fully saturated rings. The van der Waals surface area contributed by atoms with Crippen molar-refractivity contribution < 1.29 is 27.4 Å². The van der Waals surface area contributed by atoms with Crippen molar-refractivity contribution in [2.45, 2.75) is 19.9 Å². The maximum atomic E-state index is 12.8. The summed E-state index contributed by atoms with van der Waals surface area (Å²) < 4.78 is 41.8. The SMILES string of the molecule is COc1ccc(OC)c(C(C)NC(=O)CN(c2cc(C)ccc2OC)S(C)(=O)=O)c1. The minimum absolute atomic E-state index is 0.307. The first-order valence-electron chi connectivity index (χ1n) is 9.24. The van der Waals surface area contributed by atoms with Gasteiger partial charge in [-0.2, -0.15) is 0 Å². The Morgan fingerprint density at radius 3 is 2.23 bits per heavy atom. The fourth-order valence-electron chi connectivity index (χ4n) is 3.05. The Morgan fingerprint density at radius 1 is 1.03 bits per heavy atom. The summed E-state index contributed by atoms with van der Waals surface area (Å²) in [6.45, 7) is 3.23. The van der Waals surface area contributed by atoms with Gasteiger partial charge in [-0.05, 0) is 49.7 Å². The maximum Gasteiger partial charge on any atom is 0.241 e. The first-order chi connectivity index (χ1) is 14.1. The van der Waals surface area contributed by atoms with Gasteiger partial charge < -0.3 is 19.5 Å². The van der Waals surface area contributed by atoms with Crippen molar-refractivity contribution in [2.24, 2.45) is 0 Å². The van der Waals surface area contributed by atoms with Crippen LogP contribution < -0.4 is 23.8 Å². The minimum atomic E-state index is -3.74. The van der Waals surface area contributed by atoms with E-state index in [1.165, 1.54) is 14.2 Å². The lowest BCUT2D eigenvalue weighted by molar-refractivity contribution is -0.120. The molecular weight excluding hydrogens is 408 g/mol. The molecule has 1 N–H and O–H groups in total. The number of carbonyl (C=O) groups excluding carboxylic acids is 1. The minimum Gasteiger partial charge on any atom is -0.497 e. The second-order valence-electron chi connectivity index (χ2n) is 6.84. The Labute approximate surface area is 177 Å². The van der Waals surface area contributed by atoms with Crippen molar-refractivity contribution in [3.05, 3.63) is 47.5 Å². The first-order valence-corrected chi connectivity index (χ1v) is 11.1. The molecule has 8 nitrogen and oxygen atoms in total. The molecule has 0 aromatic heterocycles. The van der Waals surface area contributed by atoms with Gasteiger partial charge in [-0.25, -0.2) is 8.42 Å². The summed E-state index contributed by atoms with van der Waals surface area (Å²) in [6, 6.07) is 9.97. The van der Waals surface area contributed by atoms with Crippen molar-refractivity contribution in [3.8, 4) is 17.2 Å². The standard InChI is InChI=1S/C21H28N2O6S/c1-14-7-9-20(29-5)18(11-14)23(30(6,25)26)13-21(24)22-15(2)17-12-16(27-3)8-10-19(17)28-4/h7-12,15H,13H2,1-6H3,(H,22,24). The number of hydrogen-bond acceptors (Lipinski definition) is 6. The van der Waals surface area contributed by atoms with Gasteiger partial charge in [-0.15, -0.1) is 0 Å². The topological polar surface area (TPSA) is 94.2 Å². The molecule has 1 amide bonds. The van der Waals surface area contributed by atoms with Gasteiger partial charge in [-0.1, -0.05) is 6.07 Å². The summed E-state index contributed by atoms with van der Waals surface area (Å²) in [5, 5.41) is 2.83. The van der Waals surface area contributed by atoms with Gasteiger partial charge in [0.15, 0.2) is 0 Å². The van der Waals surface area contributed by atoms with E-state index in [1.807, 2.05) is 6.92 Å². The summed E-state index contributed by atoms with van der Waals surface area (Å²) in [7, 11) is 0.798. The van der Waals surface area contributed by atoms with Crippen LogP contribution in [-0.2, 0) is 14.8 Å². The molecule has 0 aliphatic rings. The normalized spacial score (nSPS) is 12.1. The van der Waals surface area contributed by atoms with Gasteiger partial charge in [0, 0.05) is 5.56 Å². The summed E-state index contributed by atoms with van der Waals surface area (Å²) in [5.74, 6) is 1.10. The number of ether oxygens (including phenoxy) is 3. The quantitative estimate of drug-likeness (QED) is 0.650. The summed E-state index contributed by atoms with van der Waals surface area (Å²) in [5.41, 5.74) is 1.86. The number of methoxy groups -OCH3 is 3. The molecule has 1 atom stereocenters. The second kappa shape index (κ2) is 9.71. The number of rotatable bonds is 9. The van der Waals surface area contributed by atoms with E-state index in [0.717, 1.165) is 16.1 Å². The van der Waals surface area contributed by atoms with Crippen molar-refractivity contribution >= 4 is 21.6 Å². The Hall–Kier alpha value is -2.94. The van der Waals surface area contributed by atoms with Gasteiger partial charge in [0.25, 0.3) is 0 Å². The van der Waals surface area contributed by atoms with Crippen LogP contribution in [0.2, 0.25) is 0 Å². The number of aryl methyl sites for hydroxylation is 1. The highest BCUT2D eigenvalue weighted by Crippen LogP contribution is 2.32. The van der Waals surface area contributed by atoms with E-state index in [1.54, 1.807) is 50.4 Å². The third-order valence-electron chi connectivity index (χ3n) is 4.57. The predicted molar refractivity (Wildman–Crippen MR) is 116 cm³/mol. The molecule has 0 aliphatic carbocycles. The van der Waals surface area contributed by atoms with Gasteiger partial charge in [0.1, 0.15) is 23.8 Å². The number of sulfonamides is 1. The molecule has 0 saturated carbocycles. The van der Waals surface area contributed by atoms with Gasteiger partial charge in [0.05, 0.1) is 39.3 Å². The van der Waals surface area contributed by atoms with Crippen LogP contribution in [-0.4, -0.2) is 48.5 Å². The van der Waals surface area contributed by atoms with Crippen LogP contribution >= 0.6 is 0 Å². The number of nitrogens with zero attached hydrogens (tertiary/aromatic N) is 1. The third-order valence-corrected chi connectivity index (χ3v) is 5.70. The maximum absolute atomic E-state index is 12.8. The first kappa shape index (κ1) is 23.3. The smallest absolute Gasteiger partial charge is 0.241 e. The fraction of sp³-hybridized carbons (Fsp3) is 0.381. The molecule has 1 unspecified atom stereocenters. The molecule has 0 spiro atoms. The molecule has 2 aromatic rings. The van der Waals surface area contributed by atoms with Crippen molar-refractivity contribution in [3.63, 3.8) is 0 Å². The highest BCUT2D eigenvalue weighted by atomic mass is 32.2. The van der Waals surface area contributed by atoms with Crippen LogP contribution in [0, 0.1) is 6.92 Å². The molecule has 2 aromatic carbocycles. The molecular formula is C21H28N2O6S. The number of hydrogen-bond donors (Lipinski definition) is 1.